The van der Waals surface area contributed by atoms with Gasteiger partial charge in [0.2, 0.25) is 0 Å². The van der Waals surface area contributed by atoms with Crippen molar-refractivity contribution < 1.29 is 19.8 Å². The van der Waals surface area contributed by atoms with Crippen molar-refractivity contribution in [2.45, 2.75) is 12.5 Å². The van der Waals surface area contributed by atoms with E-state index in [-0.39, 0.29) is 23.7 Å². The summed E-state index contributed by atoms with van der Waals surface area (Å²) in [6.45, 7) is -0.366. The van der Waals surface area contributed by atoms with Crippen molar-refractivity contribution in [1.29, 1.82) is 5.26 Å². The number of urea groups is 1. The van der Waals surface area contributed by atoms with Crippen molar-refractivity contribution in [2.24, 2.45) is 0 Å². The van der Waals surface area contributed by atoms with Gasteiger partial charge in [0, 0.05) is 13.0 Å². The first-order valence-corrected chi connectivity index (χ1v) is 5.96. The van der Waals surface area contributed by atoms with Gasteiger partial charge in [-0.25, -0.2) is 9.59 Å². The van der Waals surface area contributed by atoms with E-state index in [1.54, 1.807) is 0 Å². The second-order valence-electron chi connectivity index (χ2n) is 3.81. The van der Waals surface area contributed by atoms with Gasteiger partial charge in [-0.1, -0.05) is 11.6 Å². The zero-order valence-electron chi connectivity index (χ0n) is 10.3. The van der Waals surface area contributed by atoms with Crippen LogP contribution in [-0.2, 0) is 4.79 Å². The quantitative estimate of drug-likeness (QED) is 0.649. The number of nitriles is 1. The highest BCUT2D eigenvalue weighted by atomic mass is 35.5. The third kappa shape index (κ3) is 4.42. The van der Waals surface area contributed by atoms with Crippen LogP contribution in [-0.4, -0.2) is 34.9 Å². The number of carbonyl (C=O) groups excluding carboxylic acids is 1. The number of aliphatic hydroxyl groups excluding tert-OH is 1. The number of benzene rings is 1. The van der Waals surface area contributed by atoms with Crippen LogP contribution >= 0.6 is 11.6 Å². The van der Waals surface area contributed by atoms with E-state index < -0.39 is 18.0 Å². The first-order valence-electron chi connectivity index (χ1n) is 5.58. The maximum Gasteiger partial charge on any atom is 0.326 e. The normalized spacial score (nSPS) is 11.2. The Kier molecular flexibility index (Phi) is 5.77. The molecule has 8 heteroatoms. The molecule has 0 radical (unpaired) electrons. The molecule has 2 amide bonds. The lowest BCUT2D eigenvalue weighted by atomic mass is 10.2. The molecular formula is C12H12ClN3O4. The zero-order chi connectivity index (χ0) is 15.1. The number of aliphatic carboxylic acids is 1. The topological polar surface area (TPSA) is 122 Å². The molecule has 20 heavy (non-hydrogen) atoms. The molecule has 1 aromatic carbocycles. The van der Waals surface area contributed by atoms with E-state index in [2.05, 4.69) is 10.6 Å². The molecule has 0 aliphatic rings. The second-order valence-corrected chi connectivity index (χ2v) is 4.22. The highest BCUT2D eigenvalue weighted by Crippen LogP contribution is 2.22. The molecule has 0 heterocycles. The first-order chi connectivity index (χ1) is 9.47. The first kappa shape index (κ1) is 15.8. The van der Waals surface area contributed by atoms with Crippen LogP contribution in [0, 0.1) is 11.3 Å². The molecule has 0 fully saturated rings. The highest BCUT2D eigenvalue weighted by molar-refractivity contribution is 6.33. The molecule has 0 unspecified atom stereocenters. The Morgan fingerprint density at radius 1 is 1.45 bits per heavy atom. The summed E-state index contributed by atoms with van der Waals surface area (Å²) in [6, 6.07) is 4.20. The second kappa shape index (κ2) is 7.33. The summed E-state index contributed by atoms with van der Waals surface area (Å²) in [5, 5.41) is 30.9. The van der Waals surface area contributed by atoms with Crippen LogP contribution < -0.4 is 10.6 Å². The molecule has 1 aromatic rings. The van der Waals surface area contributed by atoms with Crippen LogP contribution in [0.4, 0.5) is 10.5 Å². The minimum Gasteiger partial charge on any atom is -0.480 e. The summed E-state index contributed by atoms with van der Waals surface area (Å²) in [6.07, 6.45) is -0.107. The SMILES string of the molecule is N#Cc1ccc(NC(=O)N[C@H](CCO)C(=O)O)c(Cl)c1. The Bertz CT molecular complexity index is 556. The number of carbonyl (C=O) groups is 2. The van der Waals surface area contributed by atoms with E-state index in [4.69, 9.17) is 27.1 Å². The number of nitrogens with one attached hydrogen (secondary N) is 2. The Morgan fingerprint density at radius 2 is 2.15 bits per heavy atom. The fraction of sp³-hybridized carbons (Fsp3) is 0.250. The third-order valence-electron chi connectivity index (χ3n) is 2.37. The smallest absolute Gasteiger partial charge is 0.326 e. The Morgan fingerprint density at radius 3 is 2.65 bits per heavy atom. The fourth-order valence-electron chi connectivity index (χ4n) is 1.39. The Labute approximate surface area is 119 Å². The summed E-state index contributed by atoms with van der Waals surface area (Å²) in [5.41, 5.74) is 0.584. The number of hydrogen-bond donors (Lipinski definition) is 4. The lowest BCUT2D eigenvalue weighted by Crippen LogP contribution is -2.43. The number of aliphatic hydroxyl groups is 1. The van der Waals surface area contributed by atoms with Gasteiger partial charge in [0.05, 0.1) is 22.3 Å². The van der Waals surface area contributed by atoms with Crippen LogP contribution in [0.2, 0.25) is 5.02 Å². The van der Waals surface area contributed by atoms with Gasteiger partial charge in [-0.3, -0.25) is 0 Å². The van der Waals surface area contributed by atoms with Gasteiger partial charge in [-0.2, -0.15) is 5.26 Å². The van der Waals surface area contributed by atoms with Gasteiger partial charge < -0.3 is 20.8 Å². The predicted octanol–water partition coefficient (Wildman–Crippen LogP) is 1.17. The lowest BCUT2D eigenvalue weighted by Gasteiger charge is -2.14. The zero-order valence-corrected chi connectivity index (χ0v) is 11.0. The van der Waals surface area contributed by atoms with Crippen LogP contribution in [0.1, 0.15) is 12.0 Å². The molecular weight excluding hydrogens is 286 g/mol. The van der Waals surface area contributed by atoms with Crippen molar-refractivity contribution >= 4 is 29.3 Å². The summed E-state index contributed by atoms with van der Waals surface area (Å²) >= 11 is 5.86. The molecule has 0 aliphatic heterocycles. The van der Waals surface area contributed by atoms with E-state index in [1.165, 1.54) is 18.2 Å². The van der Waals surface area contributed by atoms with Gasteiger partial charge in [-0.15, -0.1) is 0 Å². The lowest BCUT2D eigenvalue weighted by molar-refractivity contribution is -0.139. The van der Waals surface area contributed by atoms with Crippen molar-refractivity contribution in [2.75, 3.05) is 11.9 Å². The van der Waals surface area contributed by atoms with E-state index in [1.807, 2.05) is 6.07 Å². The van der Waals surface area contributed by atoms with E-state index in [0.717, 1.165) is 0 Å². The molecule has 1 rings (SSSR count). The summed E-state index contributed by atoms with van der Waals surface area (Å²) < 4.78 is 0. The van der Waals surface area contributed by atoms with Gasteiger partial charge in [0.15, 0.2) is 0 Å². The number of amides is 2. The summed E-state index contributed by atoms with van der Waals surface area (Å²) in [5.74, 6) is -1.25. The summed E-state index contributed by atoms with van der Waals surface area (Å²) in [4.78, 5) is 22.4. The number of halogens is 1. The molecule has 0 saturated heterocycles. The molecule has 4 N–H and O–H groups in total. The number of nitrogens with zero attached hydrogens (tertiary/aromatic N) is 1. The largest absolute Gasteiger partial charge is 0.480 e. The highest BCUT2D eigenvalue weighted by Gasteiger charge is 2.19. The minimum absolute atomic E-state index is 0.107. The minimum atomic E-state index is -1.25. The maximum atomic E-state index is 11.6. The van der Waals surface area contributed by atoms with Gasteiger partial charge in [-0.05, 0) is 18.2 Å². The number of carboxylic acid groups (broad SMARTS) is 1. The molecule has 0 aliphatic carbocycles. The predicted molar refractivity (Wildman–Crippen MR) is 71.4 cm³/mol. The standard InChI is InChI=1S/C12H12ClN3O4/c13-8-5-7(6-14)1-2-9(8)15-12(20)16-10(3-4-17)11(18)19/h1-2,5,10,17H,3-4H2,(H,18,19)(H2,15,16,20)/t10-/m1/s1. The van der Waals surface area contributed by atoms with Crippen LogP contribution in [0.25, 0.3) is 0 Å². The van der Waals surface area contributed by atoms with Crippen LogP contribution in [0.3, 0.4) is 0 Å². The molecule has 0 spiro atoms. The number of rotatable bonds is 5. The van der Waals surface area contributed by atoms with Crippen molar-refractivity contribution in [3.8, 4) is 6.07 Å². The molecule has 0 bridgehead atoms. The molecule has 1 atom stereocenters. The van der Waals surface area contributed by atoms with Crippen LogP contribution in [0.5, 0.6) is 0 Å². The van der Waals surface area contributed by atoms with Crippen molar-refractivity contribution in [3.05, 3.63) is 28.8 Å². The van der Waals surface area contributed by atoms with Crippen LogP contribution in [0.15, 0.2) is 18.2 Å². The van der Waals surface area contributed by atoms with Crippen molar-refractivity contribution in [3.63, 3.8) is 0 Å². The summed E-state index contributed by atoms with van der Waals surface area (Å²) in [7, 11) is 0. The van der Waals surface area contributed by atoms with Gasteiger partial charge in [0.1, 0.15) is 6.04 Å². The number of carboxylic acids is 1. The maximum absolute atomic E-state index is 11.6. The number of anilines is 1. The third-order valence-corrected chi connectivity index (χ3v) is 2.68. The monoisotopic (exact) mass is 297 g/mol. The Balaban J connectivity index is 2.71. The average molecular weight is 298 g/mol. The van der Waals surface area contributed by atoms with Gasteiger partial charge in [0.25, 0.3) is 0 Å². The molecule has 0 aromatic heterocycles. The van der Waals surface area contributed by atoms with E-state index >= 15 is 0 Å². The molecule has 0 saturated carbocycles. The van der Waals surface area contributed by atoms with Gasteiger partial charge >= 0.3 is 12.0 Å². The average Bonchev–Trinajstić information content (AvgIpc) is 2.40. The molecule has 106 valence electrons. The number of hydrogen-bond acceptors (Lipinski definition) is 4. The molecule has 7 nitrogen and oxygen atoms in total. The van der Waals surface area contributed by atoms with E-state index in [0.29, 0.717) is 5.56 Å². The van der Waals surface area contributed by atoms with Crippen molar-refractivity contribution in [1.82, 2.24) is 5.32 Å². The fourth-order valence-corrected chi connectivity index (χ4v) is 1.62. The Hall–Kier alpha value is -2.30. The van der Waals surface area contributed by atoms with E-state index in [9.17, 15) is 9.59 Å².